The molecule has 2 aromatic rings. The van der Waals surface area contributed by atoms with Crippen LogP contribution >= 0.6 is 24.0 Å². The highest BCUT2D eigenvalue weighted by Gasteiger charge is 2.05. The third-order valence-corrected chi connectivity index (χ3v) is 3.00. The summed E-state index contributed by atoms with van der Waals surface area (Å²) in [5, 5.41) is 0.546. The van der Waals surface area contributed by atoms with Crippen LogP contribution < -0.4 is 5.73 Å². The van der Waals surface area contributed by atoms with Crippen LogP contribution in [0.5, 0.6) is 0 Å². The van der Waals surface area contributed by atoms with Gasteiger partial charge in [0.1, 0.15) is 0 Å². The summed E-state index contributed by atoms with van der Waals surface area (Å²) in [6.07, 6.45) is 0. The molecule has 2 N–H and O–H groups in total. The Kier molecular flexibility index (Phi) is 2.19. The zero-order valence-electron chi connectivity index (χ0n) is 6.39. The largest absolute Gasteiger partial charge is 0.375 e. The Labute approximate surface area is 89.6 Å². The molecule has 2 rings (SSSR count). The Morgan fingerprint density at radius 3 is 3.00 bits per heavy atom. The molecule has 0 aliphatic rings. The number of anilines is 1. The normalized spacial score (nSPS) is 10.5. The smallest absolute Gasteiger partial charge is 0.181 e. The highest BCUT2D eigenvalue weighted by Crippen LogP contribution is 2.32. The third kappa shape index (κ3) is 1.52. The first-order valence-corrected chi connectivity index (χ1v) is 5.06. The molecule has 0 bridgehead atoms. The molecule has 0 aliphatic heterocycles. The van der Waals surface area contributed by atoms with Gasteiger partial charge in [-0.1, -0.05) is 11.3 Å². The summed E-state index contributed by atoms with van der Waals surface area (Å²) in [6.45, 7) is 0. The van der Waals surface area contributed by atoms with Crippen molar-refractivity contribution in [3.8, 4) is 0 Å². The van der Waals surface area contributed by atoms with E-state index in [0.717, 1.165) is 15.1 Å². The van der Waals surface area contributed by atoms with Crippen molar-refractivity contribution in [2.45, 2.75) is 4.90 Å². The van der Waals surface area contributed by atoms with Crippen LogP contribution in [0, 0.1) is 0 Å². The van der Waals surface area contributed by atoms with Gasteiger partial charge in [-0.15, -0.1) is 12.6 Å². The van der Waals surface area contributed by atoms with E-state index in [1.807, 2.05) is 12.1 Å². The van der Waals surface area contributed by atoms with Crippen molar-refractivity contribution < 1.29 is 0 Å². The van der Waals surface area contributed by atoms with Gasteiger partial charge in [0.2, 0.25) is 0 Å². The maximum Gasteiger partial charge on any atom is 0.181 e. The number of aromatic nitrogens is 1. The maximum absolute atomic E-state index is 5.56. The molecule has 0 radical (unpaired) electrons. The van der Waals surface area contributed by atoms with Crippen LogP contribution in [0.2, 0.25) is 0 Å². The minimum atomic E-state index is 0.546. The Morgan fingerprint density at radius 1 is 1.54 bits per heavy atom. The third-order valence-electron chi connectivity index (χ3n) is 1.60. The predicted octanol–water partition coefficient (Wildman–Crippen LogP) is 2.53. The first-order chi connectivity index (χ1) is 6.20. The summed E-state index contributed by atoms with van der Waals surface area (Å²) in [6, 6.07) is 3.66. The average molecular weight is 227 g/mol. The second-order valence-corrected chi connectivity index (χ2v) is 4.18. The van der Waals surface area contributed by atoms with Crippen molar-refractivity contribution in [3.05, 3.63) is 12.1 Å². The molecule has 13 heavy (non-hydrogen) atoms. The summed E-state index contributed by atoms with van der Waals surface area (Å²) in [4.78, 5) is 4.85. The highest BCUT2D eigenvalue weighted by atomic mass is 32.1. The van der Waals surface area contributed by atoms with Crippen LogP contribution in [-0.4, -0.2) is 4.98 Å². The molecular formula is C7H5N3S3. The van der Waals surface area contributed by atoms with Crippen LogP contribution in [0.25, 0.3) is 10.2 Å². The van der Waals surface area contributed by atoms with Gasteiger partial charge in [0.15, 0.2) is 5.13 Å². The van der Waals surface area contributed by atoms with E-state index in [1.165, 1.54) is 11.3 Å². The predicted molar refractivity (Wildman–Crippen MR) is 60.7 cm³/mol. The zero-order valence-corrected chi connectivity index (χ0v) is 8.92. The monoisotopic (exact) mass is 227 g/mol. The number of benzene rings is 1. The van der Waals surface area contributed by atoms with Gasteiger partial charge in [-0.05, 0) is 12.1 Å². The van der Waals surface area contributed by atoms with Gasteiger partial charge in [0, 0.05) is 17.3 Å². The van der Waals surface area contributed by atoms with E-state index < -0.39 is 0 Å². The zero-order chi connectivity index (χ0) is 9.42. The molecule has 0 amide bonds. The van der Waals surface area contributed by atoms with Gasteiger partial charge in [0.05, 0.1) is 15.9 Å². The number of fused-ring (bicyclic) bond motifs is 1. The summed E-state index contributed by atoms with van der Waals surface area (Å²) >= 11 is 10.2. The Balaban J connectivity index is 2.79. The quantitative estimate of drug-likeness (QED) is 0.736. The molecule has 0 aliphatic carbocycles. The van der Waals surface area contributed by atoms with Gasteiger partial charge >= 0.3 is 0 Å². The minimum absolute atomic E-state index is 0.546. The second-order valence-electron chi connectivity index (χ2n) is 2.45. The first-order valence-electron chi connectivity index (χ1n) is 3.43. The van der Waals surface area contributed by atoms with Gasteiger partial charge in [-0.2, -0.15) is 4.36 Å². The van der Waals surface area contributed by atoms with Crippen LogP contribution in [0.15, 0.2) is 21.4 Å². The van der Waals surface area contributed by atoms with Crippen molar-refractivity contribution >= 4 is 57.4 Å². The average Bonchev–Trinajstić information content (AvgIpc) is 2.42. The summed E-state index contributed by atoms with van der Waals surface area (Å²) in [7, 11) is 0. The van der Waals surface area contributed by atoms with Crippen molar-refractivity contribution in [2.75, 3.05) is 5.73 Å². The van der Waals surface area contributed by atoms with Gasteiger partial charge < -0.3 is 5.73 Å². The SMILES string of the molecule is Nc1nc2cc(S)c(N=S)cc2s1. The number of nitrogen functional groups attached to an aromatic ring is 1. The Hall–Kier alpha value is -0.720. The molecule has 0 saturated heterocycles. The molecular weight excluding hydrogens is 222 g/mol. The fourth-order valence-electron chi connectivity index (χ4n) is 1.04. The van der Waals surface area contributed by atoms with Crippen LogP contribution in [0.1, 0.15) is 0 Å². The van der Waals surface area contributed by atoms with E-state index in [9.17, 15) is 0 Å². The fourth-order valence-corrected chi connectivity index (χ4v) is 2.25. The van der Waals surface area contributed by atoms with Crippen molar-refractivity contribution in [1.29, 1.82) is 0 Å². The summed E-state index contributed by atoms with van der Waals surface area (Å²) < 4.78 is 4.66. The van der Waals surface area contributed by atoms with E-state index in [4.69, 9.17) is 5.73 Å². The lowest BCUT2D eigenvalue weighted by Gasteiger charge is -1.95. The minimum Gasteiger partial charge on any atom is -0.375 e. The summed E-state index contributed by atoms with van der Waals surface area (Å²) in [5.74, 6) is 0. The lowest BCUT2D eigenvalue weighted by molar-refractivity contribution is 1.41. The summed E-state index contributed by atoms with van der Waals surface area (Å²) in [5.41, 5.74) is 7.09. The molecule has 1 aromatic carbocycles. The number of hydrogen-bond acceptors (Lipinski definition) is 6. The number of rotatable bonds is 1. The maximum atomic E-state index is 5.56. The van der Waals surface area contributed by atoms with Crippen molar-refractivity contribution in [2.24, 2.45) is 4.36 Å². The molecule has 0 saturated carbocycles. The van der Waals surface area contributed by atoms with Gasteiger partial charge in [-0.25, -0.2) is 4.98 Å². The van der Waals surface area contributed by atoms with E-state index in [1.54, 1.807) is 0 Å². The molecule has 1 heterocycles. The molecule has 1 aromatic heterocycles. The lowest BCUT2D eigenvalue weighted by Crippen LogP contribution is -1.79. The van der Waals surface area contributed by atoms with E-state index in [-0.39, 0.29) is 0 Å². The van der Waals surface area contributed by atoms with E-state index >= 15 is 0 Å². The molecule has 66 valence electrons. The number of thiol groups is 1. The Morgan fingerprint density at radius 2 is 2.31 bits per heavy atom. The number of nitrogens with zero attached hydrogens (tertiary/aromatic N) is 2. The highest BCUT2D eigenvalue weighted by molar-refractivity contribution is 7.80. The topological polar surface area (TPSA) is 51.3 Å². The van der Waals surface area contributed by atoms with Crippen LogP contribution in [0.4, 0.5) is 10.8 Å². The van der Waals surface area contributed by atoms with E-state index in [2.05, 4.69) is 34.4 Å². The van der Waals surface area contributed by atoms with Crippen LogP contribution in [-0.2, 0) is 12.4 Å². The first kappa shape index (κ1) is 8.86. The van der Waals surface area contributed by atoms with Crippen molar-refractivity contribution in [3.63, 3.8) is 0 Å². The second kappa shape index (κ2) is 3.21. The van der Waals surface area contributed by atoms with E-state index in [0.29, 0.717) is 10.8 Å². The Bertz CT molecular complexity index is 477. The molecule has 0 atom stereocenters. The standard InChI is InChI=1S/C7H5N3S3/c8-7-9-4-1-5(11)3(10-12)2-6(4)13-7/h1-2,11H,(H2,8,9). The molecule has 3 nitrogen and oxygen atoms in total. The van der Waals surface area contributed by atoms with Gasteiger partial charge in [0.25, 0.3) is 0 Å². The van der Waals surface area contributed by atoms with Gasteiger partial charge in [-0.3, -0.25) is 0 Å². The lowest BCUT2D eigenvalue weighted by atomic mass is 10.3. The molecule has 0 spiro atoms. The fraction of sp³-hybridized carbons (Fsp3) is 0. The number of nitrogens with two attached hydrogens (primary N) is 1. The number of thiazole rings is 1. The molecule has 0 fully saturated rings. The number of hydrogen-bond donors (Lipinski definition) is 2. The molecule has 0 unspecified atom stereocenters. The van der Waals surface area contributed by atoms with Crippen molar-refractivity contribution in [1.82, 2.24) is 4.98 Å². The molecule has 6 heteroatoms. The van der Waals surface area contributed by atoms with Crippen LogP contribution in [0.3, 0.4) is 0 Å².